The molecule has 2 aromatic heterocycles. The van der Waals surface area contributed by atoms with Crippen molar-refractivity contribution in [3.05, 3.63) is 46.0 Å². The fourth-order valence-corrected chi connectivity index (χ4v) is 4.79. The van der Waals surface area contributed by atoms with Crippen LogP contribution in [0, 0.1) is 0 Å². The molecular formula is C22H28N6O3. The third kappa shape index (κ3) is 3.95. The molecule has 2 fully saturated rings. The second-order valence-electron chi connectivity index (χ2n) is 8.21. The molecule has 9 heteroatoms. The van der Waals surface area contributed by atoms with Crippen LogP contribution in [0.15, 0.2) is 29.1 Å². The summed E-state index contributed by atoms with van der Waals surface area (Å²) >= 11 is 0. The number of hydrogen-bond acceptors (Lipinski definition) is 7. The number of rotatable bonds is 6. The minimum atomic E-state index is -0.330. The van der Waals surface area contributed by atoms with E-state index in [1.807, 2.05) is 35.9 Å². The van der Waals surface area contributed by atoms with Crippen molar-refractivity contribution in [2.24, 2.45) is 0 Å². The number of morpholine rings is 1. The summed E-state index contributed by atoms with van der Waals surface area (Å²) in [6.45, 7) is 5.24. The van der Waals surface area contributed by atoms with Crippen LogP contribution >= 0.6 is 0 Å². The molecule has 3 aromatic rings. The number of aromatic amines is 1. The van der Waals surface area contributed by atoms with Gasteiger partial charge in [0.05, 0.1) is 25.9 Å². The molecule has 0 amide bonds. The Kier molecular flexibility index (Phi) is 5.69. The van der Waals surface area contributed by atoms with E-state index in [9.17, 15) is 4.79 Å². The Balaban J connectivity index is 1.63. The standard InChI is InChI=1S/C22H28N6O3/c1-2-31-17-7-8-19-15(13-17)14-18(22(29)23-19)20(27-9-11-30-12-10-27)21-24-25-26-28(21)16-5-3-4-6-16/h7-8,13-14,16,20H,2-6,9-12H2,1H3,(H,23,29). The Morgan fingerprint density at radius 2 is 2.03 bits per heavy atom. The lowest BCUT2D eigenvalue weighted by Crippen LogP contribution is -2.42. The lowest BCUT2D eigenvalue weighted by Gasteiger charge is -2.34. The van der Waals surface area contributed by atoms with Crippen molar-refractivity contribution in [3.8, 4) is 5.75 Å². The summed E-state index contributed by atoms with van der Waals surface area (Å²) in [5.41, 5.74) is 1.32. The summed E-state index contributed by atoms with van der Waals surface area (Å²) in [6, 6.07) is 7.65. The molecule has 1 saturated heterocycles. The van der Waals surface area contributed by atoms with Crippen molar-refractivity contribution in [1.29, 1.82) is 0 Å². The number of nitrogens with zero attached hydrogens (tertiary/aromatic N) is 5. The van der Waals surface area contributed by atoms with Gasteiger partial charge in [-0.3, -0.25) is 9.69 Å². The molecule has 1 aliphatic carbocycles. The highest BCUT2D eigenvalue weighted by atomic mass is 16.5. The number of pyridine rings is 1. The fourth-order valence-electron chi connectivity index (χ4n) is 4.79. The lowest BCUT2D eigenvalue weighted by molar-refractivity contribution is 0.0211. The van der Waals surface area contributed by atoms with E-state index in [1.54, 1.807) is 0 Å². The smallest absolute Gasteiger partial charge is 0.253 e. The molecule has 31 heavy (non-hydrogen) atoms. The van der Waals surface area contributed by atoms with Gasteiger partial charge in [-0.25, -0.2) is 4.68 Å². The zero-order valence-electron chi connectivity index (χ0n) is 17.8. The molecule has 5 rings (SSSR count). The van der Waals surface area contributed by atoms with Gasteiger partial charge in [0.25, 0.3) is 5.56 Å². The predicted molar refractivity (Wildman–Crippen MR) is 115 cm³/mol. The van der Waals surface area contributed by atoms with Gasteiger partial charge in [0.15, 0.2) is 5.82 Å². The minimum Gasteiger partial charge on any atom is -0.494 e. The van der Waals surface area contributed by atoms with Crippen LogP contribution in [0.5, 0.6) is 5.75 Å². The van der Waals surface area contributed by atoms with Gasteiger partial charge in [-0.2, -0.15) is 0 Å². The number of tetrazole rings is 1. The molecule has 3 heterocycles. The summed E-state index contributed by atoms with van der Waals surface area (Å²) in [5, 5.41) is 13.7. The normalized spacial score (nSPS) is 19.1. The zero-order chi connectivity index (χ0) is 21.2. The molecule has 2 aliphatic rings. The number of hydrogen-bond donors (Lipinski definition) is 1. The first-order valence-electron chi connectivity index (χ1n) is 11.1. The highest BCUT2D eigenvalue weighted by molar-refractivity contribution is 5.80. The maximum Gasteiger partial charge on any atom is 0.253 e. The van der Waals surface area contributed by atoms with Gasteiger partial charge < -0.3 is 14.5 Å². The first-order chi connectivity index (χ1) is 15.2. The van der Waals surface area contributed by atoms with E-state index in [4.69, 9.17) is 9.47 Å². The lowest BCUT2D eigenvalue weighted by atomic mass is 10.0. The van der Waals surface area contributed by atoms with Gasteiger partial charge in [0.2, 0.25) is 0 Å². The van der Waals surface area contributed by atoms with Crippen molar-refractivity contribution in [2.45, 2.75) is 44.7 Å². The monoisotopic (exact) mass is 424 g/mol. The van der Waals surface area contributed by atoms with E-state index >= 15 is 0 Å². The number of nitrogens with one attached hydrogen (secondary N) is 1. The topological polar surface area (TPSA) is 98.2 Å². The van der Waals surface area contributed by atoms with E-state index in [1.165, 1.54) is 12.8 Å². The molecule has 0 bridgehead atoms. The molecule has 1 atom stereocenters. The van der Waals surface area contributed by atoms with Crippen molar-refractivity contribution in [2.75, 3.05) is 32.9 Å². The van der Waals surface area contributed by atoms with Gasteiger partial charge in [0, 0.05) is 29.6 Å². The first-order valence-corrected chi connectivity index (χ1v) is 11.1. The van der Waals surface area contributed by atoms with Crippen LogP contribution in [0.1, 0.15) is 56.1 Å². The van der Waals surface area contributed by atoms with Crippen LogP contribution in [0.3, 0.4) is 0 Å². The van der Waals surface area contributed by atoms with Crippen LogP contribution in [0.4, 0.5) is 0 Å². The quantitative estimate of drug-likeness (QED) is 0.649. The Morgan fingerprint density at radius 1 is 1.23 bits per heavy atom. The number of benzene rings is 1. The van der Waals surface area contributed by atoms with Gasteiger partial charge in [-0.1, -0.05) is 12.8 Å². The zero-order valence-corrected chi connectivity index (χ0v) is 17.8. The van der Waals surface area contributed by atoms with Gasteiger partial charge >= 0.3 is 0 Å². The third-order valence-electron chi connectivity index (χ3n) is 6.29. The number of ether oxygens (including phenoxy) is 2. The SMILES string of the molecule is CCOc1ccc2[nH]c(=O)c(C(c3nnnn3C3CCCC3)N3CCOCC3)cc2c1. The molecule has 1 aliphatic heterocycles. The average Bonchev–Trinajstić information content (AvgIpc) is 3.48. The molecule has 1 N–H and O–H groups in total. The molecule has 9 nitrogen and oxygen atoms in total. The van der Waals surface area contributed by atoms with Crippen LogP contribution in [-0.2, 0) is 4.74 Å². The van der Waals surface area contributed by atoms with Crippen LogP contribution in [0.2, 0.25) is 0 Å². The molecule has 164 valence electrons. The van der Waals surface area contributed by atoms with Crippen molar-refractivity contribution >= 4 is 10.9 Å². The summed E-state index contributed by atoms with van der Waals surface area (Å²) in [5.74, 6) is 1.52. The maximum absolute atomic E-state index is 13.2. The summed E-state index contributed by atoms with van der Waals surface area (Å²) in [6.07, 6.45) is 4.51. The van der Waals surface area contributed by atoms with E-state index < -0.39 is 0 Å². The Labute approximate surface area is 180 Å². The molecule has 0 radical (unpaired) electrons. The molecule has 1 saturated carbocycles. The number of H-pyrrole nitrogens is 1. The van der Waals surface area contributed by atoms with Gasteiger partial charge in [-0.05, 0) is 54.5 Å². The maximum atomic E-state index is 13.2. The first kappa shape index (κ1) is 20.1. The van der Waals surface area contributed by atoms with Gasteiger partial charge in [0.1, 0.15) is 11.8 Å². The van der Waals surface area contributed by atoms with Crippen LogP contribution in [0.25, 0.3) is 10.9 Å². The largest absolute Gasteiger partial charge is 0.494 e. The number of fused-ring (bicyclic) bond motifs is 1. The number of aromatic nitrogens is 5. The second-order valence-corrected chi connectivity index (χ2v) is 8.21. The molecule has 0 spiro atoms. The average molecular weight is 425 g/mol. The molecule has 1 unspecified atom stereocenters. The fraction of sp³-hybridized carbons (Fsp3) is 0.545. The highest BCUT2D eigenvalue weighted by Crippen LogP contribution is 2.34. The Morgan fingerprint density at radius 3 is 2.81 bits per heavy atom. The summed E-state index contributed by atoms with van der Waals surface area (Å²) in [4.78, 5) is 18.5. The van der Waals surface area contributed by atoms with E-state index in [0.717, 1.165) is 48.4 Å². The second kappa shape index (κ2) is 8.76. The predicted octanol–water partition coefficient (Wildman–Crippen LogP) is 2.45. The van der Waals surface area contributed by atoms with E-state index in [2.05, 4.69) is 25.4 Å². The van der Waals surface area contributed by atoms with E-state index in [-0.39, 0.29) is 17.6 Å². The molecule has 1 aromatic carbocycles. The highest BCUT2D eigenvalue weighted by Gasteiger charge is 2.33. The van der Waals surface area contributed by atoms with Crippen molar-refractivity contribution in [1.82, 2.24) is 30.1 Å². The summed E-state index contributed by atoms with van der Waals surface area (Å²) in [7, 11) is 0. The van der Waals surface area contributed by atoms with Crippen LogP contribution < -0.4 is 10.3 Å². The summed E-state index contributed by atoms with van der Waals surface area (Å²) < 4.78 is 13.2. The molecular weight excluding hydrogens is 396 g/mol. The Hall–Kier alpha value is -2.78. The Bertz CT molecular complexity index is 1100. The van der Waals surface area contributed by atoms with Crippen LogP contribution in [-0.4, -0.2) is 63.0 Å². The van der Waals surface area contributed by atoms with E-state index in [0.29, 0.717) is 25.4 Å². The third-order valence-corrected chi connectivity index (χ3v) is 6.29. The minimum absolute atomic E-state index is 0.117. The van der Waals surface area contributed by atoms with Crippen molar-refractivity contribution < 1.29 is 9.47 Å². The van der Waals surface area contributed by atoms with Crippen molar-refractivity contribution in [3.63, 3.8) is 0 Å². The van der Waals surface area contributed by atoms with Gasteiger partial charge in [-0.15, -0.1) is 5.10 Å².